The van der Waals surface area contributed by atoms with Crippen molar-refractivity contribution in [2.75, 3.05) is 11.9 Å². The Hall–Kier alpha value is -2.11. The maximum Gasteiger partial charge on any atom is 0.326 e. The van der Waals surface area contributed by atoms with E-state index >= 15 is 0 Å². The molecule has 1 aromatic carbocycles. The third kappa shape index (κ3) is 4.53. The maximum atomic E-state index is 11.7. The molecule has 0 aliphatic heterocycles. The van der Waals surface area contributed by atoms with Crippen LogP contribution >= 0.6 is 15.9 Å². The van der Waals surface area contributed by atoms with E-state index in [4.69, 9.17) is 15.5 Å². The minimum atomic E-state index is -1.24. The van der Waals surface area contributed by atoms with Crippen molar-refractivity contribution in [3.63, 3.8) is 0 Å². The van der Waals surface area contributed by atoms with Crippen molar-refractivity contribution in [2.45, 2.75) is 12.5 Å². The molecule has 0 saturated heterocycles. The first-order valence-electron chi connectivity index (χ1n) is 5.58. The standard InChI is InChI=1S/C12H12BrN3O4/c13-8-1-2-9(7(5-8)6-14)15-12(20)16-10(3-4-17)11(18)19/h1-2,5,10,17H,3-4H2,(H,18,19)(H2,15,16,20)/t10-/m1/s1. The molecule has 106 valence electrons. The van der Waals surface area contributed by atoms with Crippen molar-refractivity contribution in [3.05, 3.63) is 28.2 Å². The number of nitrogens with zero attached hydrogens (tertiary/aromatic N) is 1. The SMILES string of the molecule is N#Cc1cc(Br)ccc1NC(=O)N[C@H](CCO)C(=O)O. The summed E-state index contributed by atoms with van der Waals surface area (Å²) in [5, 5.41) is 31.1. The number of carboxylic acids is 1. The van der Waals surface area contributed by atoms with Crippen LogP contribution in [0.25, 0.3) is 0 Å². The highest BCUT2D eigenvalue weighted by Gasteiger charge is 2.19. The molecule has 7 nitrogen and oxygen atoms in total. The van der Waals surface area contributed by atoms with Gasteiger partial charge in [0.25, 0.3) is 0 Å². The topological polar surface area (TPSA) is 122 Å². The van der Waals surface area contributed by atoms with Crippen LogP contribution in [0.5, 0.6) is 0 Å². The Labute approximate surface area is 123 Å². The molecule has 0 aliphatic rings. The minimum absolute atomic E-state index is 0.103. The number of hydrogen-bond donors (Lipinski definition) is 4. The fraction of sp³-hybridized carbons (Fsp3) is 0.250. The molecule has 1 rings (SSSR count). The molecule has 1 aromatic rings. The number of amides is 2. The number of nitrogens with one attached hydrogen (secondary N) is 2. The first kappa shape index (κ1) is 15.9. The van der Waals surface area contributed by atoms with E-state index in [0.717, 1.165) is 0 Å². The summed E-state index contributed by atoms with van der Waals surface area (Å²) in [6.45, 7) is -0.362. The Balaban J connectivity index is 2.76. The highest BCUT2D eigenvalue weighted by molar-refractivity contribution is 9.10. The van der Waals surface area contributed by atoms with Gasteiger partial charge in [0.1, 0.15) is 12.1 Å². The van der Waals surface area contributed by atoms with E-state index in [9.17, 15) is 9.59 Å². The molecular weight excluding hydrogens is 330 g/mol. The predicted octanol–water partition coefficient (Wildman–Crippen LogP) is 1.28. The fourth-order valence-corrected chi connectivity index (χ4v) is 1.78. The molecule has 0 radical (unpaired) electrons. The third-order valence-corrected chi connectivity index (χ3v) is 2.86. The van der Waals surface area contributed by atoms with Gasteiger partial charge in [0, 0.05) is 17.5 Å². The van der Waals surface area contributed by atoms with Gasteiger partial charge in [-0.15, -0.1) is 0 Å². The molecule has 0 aromatic heterocycles. The van der Waals surface area contributed by atoms with Crippen LogP contribution in [0.4, 0.5) is 10.5 Å². The molecule has 4 N–H and O–H groups in total. The molecule has 20 heavy (non-hydrogen) atoms. The molecule has 0 fully saturated rings. The number of hydrogen-bond acceptors (Lipinski definition) is 4. The van der Waals surface area contributed by atoms with Gasteiger partial charge in [-0.25, -0.2) is 9.59 Å². The van der Waals surface area contributed by atoms with Gasteiger partial charge in [0.15, 0.2) is 0 Å². The van der Waals surface area contributed by atoms with Gasteiger partial charge in [-0.05, 0) is 18.2 Å². The average molecular weight is 342 g/mol. The molecule has 0 aliphatic carbocycles. The number of carbonyl (C=O) groups is 2. The van der Waals surface area contributed by atoms with Crippen molar-refractivity contribution in [1.29, 1.82) is 5.26 Å². The zero-order valence-electron chi connectivity index (χ0n) is 10.3. The second-order valence-electron chi connectivity index (χ2n) is 3.80. The number of benzene rings is 1. The van der Waals surface area contributed by atoms with Crippen LogP contribution in [0, 0.1) is 11.3 Å². The van der Waals surface area contributed by atoms with E-state index in [-0.39, 0.29) is 24.3 Å². The van der Waals surface area contributed by atoms with Crippen molar-refractivity contribution < 1.29 is 19.8 Å². The second-order valence-corrected chi connectivity index (χ2v) is 4.72. The summed E-state index contributed by atoms with van der Waals surface area (Å²) in [5.41, 5.74) is 0.505. The highest BCUT2D eigenvalue weighted by Crippen LogP contribution is 2.20. The molecule has 0 bridgehead atoms. The summed E-state index contributed by atoms with van der Waals surface area (Å²) in [5.74, 6) is -1.24. The number of nitriles is 1. The van der Waals surface area contributed by atoms with E-state index in [1.54, 1.807) is 6.07 Å². The van der Waals surface area contributed by atoms with Gasteiger partial charge in [-0.1, -0.05) is 15.9 Å². The van der Waals surface area contributed by atoms with Crippen molar-refractivity contribution >= 4 is 33.6 Å². The second kappa shape index (κ2) is 7.47. The van der Waals surface area contributed by atoms with Gasteiger partial charge < -0.3 is 20.8 Å². The minimum Gasteiger partial charge on any atom is -0.480 e. The number of halogens is 1. The highest BCUT2D eigenvalue weighted by atomic mass is 79.9. The molecule has 1 atom stereocenters. The zero-order valence-corrected chi connectivity index (χ0v) is 11.8. The molecule has 8 heteroatoms. The van der Waals surface area contributed by atoms with Crippen LogP contribution in [0.15, 0.2) is 22.7 Å². The molecule has 0 unspecified atom stereocenters. The van der Waals surface area contributed by atoms with Gasteiger partial charge in [-0.2, -0.15) is 5.26 Å². The van der Waals surface area contributed by atoms with Crippen LogP contribution in [0.3, 0.4) is 0 Å². The van der Waals surface area contributed by atoms with Crippen LogP contribution in [0.1, 0.15) is 12.0 Å². The lowest BCUT2D eigenvalue weighted by Crippen LogP contribution is -2.43. The summed E-state index contributed by atoms with van der Waals surface area (Å²) in [4.78, 5) is 22.5. The number of rotatable bonds is 5. The Kier molecular flexibility index (Phi) is 5.96. The molecule has 0 heterocycles. The summed E-state index contributed by atoms with van der Waals surface area (Å²) < 4.78 is 0.684. The van der Waals surface area contributed by atoms with E-state index < -0.39 is 18.0 Å². The Morgan fingerprint density at radius 2 is 2.15 bits per heavy atom. The zero-order chi connectivity index (χ0) is 15.1. The first-order valence-corrected chi connectivity index (χ1v) is 6.38. The number of anilines is 1. The average Bonchev–Trinajstić information content (AvgIpc) is 2.40. The summed E-state index contributed by atoms with van der Waals surface area (Å²) >= 11 is 3.20. The van der Waals surface area contributed by atoms with Gasteiger partial charge in [-0.3, -0.25) is 0 Å². The monoisotopic (exact) mass is 341 g/mol. The largest absolute Gasteiger partial charge is 0.480 e. The van der Waals surface area contributed by atoms with Crippen LogP contribution in [-0.4, -0.2) is 34.9 Å². The maximum absolute atomic E-state index is 11.7. The van der Waals surface area contributed by atoms with E-state index in [1.807, 2.05) is 6.07 Å². The molecule has 0 spiro atoms. The van der Waals surface area contributed by atoms with E-state index in [0.29, 0.717) is 4.47 Å². The Bertz CT molecular complexity index is 556. The number of urea groups is 1. The number of carbonyl (C=O) groups excluding carboxylic acids is 1. The van der Waals surface area contributed by atoms with E-state index in [2.05, 4.69) is 26.6 Å². The Morgan fingerprint density at radius 1 is 1.45 bits per heavy atom. The number of aliphatic carboxylic acids is 1. The summed E-state index contributed by atoms with van der Waals surface area (Å²) in [6.07, 6.45) is -0.103. The smallest absolute Gasteiger partial charge is 0.326 e. The summed E-state index contributed by atoms with van der Waals surface area (Å²) in [7, 11) is 0. The Morgan fingerprint density at radius 3 is 2.70 bits per heavy atom. The van der Waals surface area contributed by atoms with Crippen molar-refractivity contribution in [1.82, 2.24) is 5.32 Å². The van der Waals surface area contributed by atoms with Gasteiger partial charge >= 0.3 is 12.0 Å². The lowest BCUT2D eigenvalue weighted by atomic mass is 10.2. The van der Waals surface area contributed by atoms with Gasteiger partial charge in [0.2, 0.25) is 0 Å². The van der Waals surface area contributed by atoms with Crippen molar-refractivity contribution in [2.24, 2.45) is 0 Å². The fourth-order valence-electron chi connectivity index (χ4n) is 1.42. The van der Waals surface area contributed by atoms with Crippen LogP contribution in [-0.2, 0) is 4.79 Å². The lowest BCUT2D eigenvalue weighted by Gasteiger charge is -2.14. The number of aliphatic hydroxyl groups is 1. The normalized spacial score (nSPS) is 11.2. The quantitative estimate of drug-likeness (QED) is 0.642. The molecular formula is C12H12BrN3O4. The van der Waals surface area contributed by atoms with Gasteiger partial charge in [0.05, 0.1) is 11.3 Å². The lowest BCUT2D eigenvalue weighted by molar-refractivity contribution is -0.139. The number of aliphatic hydroxyl groups excluding tert-OH is 1. The van der Waals surface area contributed by atoms with Crippen LogP contribution in [0.2, 0.25) is 0 Å². The predicted molar refractivity (Wildman–Crippen MR) is 74.1 cm³/mol. The summed E-state index contributed by atoms with van der Waals surface area (Å²) in [6, 6.07) is 4.64. The molecule has 0 saturated carbocycles. The van der Waals surface area contributed by atoms with E-state index in [1.165, 1.54) is 12.1 Å². The van der Waals surface area contributed by atoms with Crippen molar-refractivity contribution in [3.8, 4) is 6.07 Å². The third-order valence-electron chi connectivity index (χ3n) is 2.37. The van der Waals surface area contributed by atoms with Crippen LogP contribution < -0.4 is 10.6 Å². The first-order chi connectivity index (χ1) is 9.47. The number of carboxylic acid groups (broad SMARTS) is 1. The molecule has 2 amide bonds.